The maximum Gasteiger partial charge on any atom is 0.229 e. The molecule has 1 saturated heterocycles. The van der Waals surface area contributed by atoms with Gasteiger partial charge in [-0.3, -0.25) is 4.57 Å². The zero-order valence-corrected chi connectivity index (χ0v) is 20.6. The van der Waals surface area contributed by atoms with Crippen molar-refractivity contribution in [3.8, 4) is 5.69 Å². The van der Waals surface area contributed by atoms with Crippen molar-refractivity contribution in [2.75, 3.05) is 43.2 Å². The van der Waals surface area contributed by atoms with Crippen molar-refractivity contribution in [1.82, 2.24) is 19.5 Å². The second-order valence-electron chi connectivity index (χ2n) is 8.51. The van der Waals surface area contributed by atoms with E-state index in [1.54, 1.807) is 31.0 Å². The summed E-state index contributed by atoms with van der Waals surface area (Å²) >= 11 is 1.63. The molecule has 0 radical (unpaired) electrons. The number of nitrogens with zero attached hydrogens (tertiary/aromatic N) is 5. The second kappa shape index (κ2) is 8.89. The number of thiophene rings is 1. The van der Waals surface area contributed by atoms with Crippen LogP contribution in [0.15, 0.2) is 47.4 Å². The van der Waals surface area contributed by atoms with Gasteiger partial charge in [0.15, 0.2) is 17.0 Å². The van der Waals surface area contributed by atoms with Gasteiger partial charge in [0.1, 0.15) is 13.5 Å². The first-order chi connectivity index (χ1) is 15.9. The molecule has 8 nitrogen and oxygen atoms in total. The minimum atomic E-state index is -2.31. The topological polar surface area (TPSA) is 85.2 Å². The summed E-state index contributed by atoms with van der Waals surface area (Å²) < 4.78 is 20.2. The van der Waals surface area contributed by atoms with E-state index in [-0.39, 0.29) is 6.10 Å². The molecule has 0 bridgehead atoms. The Hall–Kier alpha value is -2.74. The number of morpholine rings is 1. The summed E-state index contributed by atoms with van der Waals surface area (Å²) in [5.41, 5.74) is 3.34. The third kappa shape index (κ3) is 4.53. The molecule has 172 valence electrons. The first-order valence-electron chi connectivity index (χ1n) is 11.0. The lowest BCUT2D eigenvalue weighted by Crippen LogP contribution is -2.43. The van der Waals surface area contributed by atoms with Crippen LogP contribution in [0.5, 0.6) is 0 Å². The molecule has 0 spiro atoms. The number of imidazole rings is 1. The smallest absolute Gasteiger partial charge is 0.229 e. The van der Waals surface area contributed by atoms with E-state index in [0.29, 0.717) is 23.9 Å². The summed E-state index contributed by atoms with van der Waals surface area (Å²) in [4.78, 5) is 16.6. The highest BCUT2D eigenvalue weighted by Crippen LogP contribution is 2.35. The van der Waals surface area contributed by atoms with Crippen LogP contribution in [0.3, 0.4) is 0 Å². The van der Waals surface area contributed by atoms with Gasteiger partial charge in [0, 0.05) is 29.5 Å². The molecule has 1 unspecified atom stereocenters. The normalized spacial score (nSPS) is 16.9. The van der Waals surface area contributed by atoms with Crippen molar-refractivity contribution in [2.24, 2.45) is 0 Å². The Kier molecular flexibility index (Phi) is 5.95. The number of rotatable bonds is 6. The van der Waals surface area contributed by atoms with Gasteiger partial charge in [0.2, 0.25) is 5.95 Å². The molecule has 0 amide bonds. The minimum absolute atomic E-state index is 0.169. The van der Waals surface area contributed by atoms with E-state index in [4.69, 9.17) is 14.7 Å². The van der Waals surface area contributed by atoms with Crippen LogP contribution in [0.4, 0.5) is 17.5 Å². The van der Waals surface area contributed by atoms with E-state index in [1.165, 1.54) is 0 Å². The molecule has 5 rings (SSSR count). The Morgan fingerprint density at radius 3 is 2.73 bits per heavy atom. The number of hydrogen-bond donors (Lipinski definition) is 1. The molecule has 1 N–H and O–H groups in total. The molecule has 1 fully saturated rings. The van der Waals surface area contributed by atoms with E-state index in [1.807, 2.05) is 34.2 Å². The van der Waals surface area contributed by atoms with Crippen molar-refractivity contribution >= 4 is 52.4 Å². The summed E-state index contributed by atoms with van der Waals surface area (Å²) in [6.07, 6.45) is 2.90. The minimum Gasteiger partial charge on any atom is -0.375 e. The van der Waals surface area contributed by atoms with Crippen molar-refractivity contribution in [1.29, 1.82) is 0 Å². The monoisotopic (exact) mass is 482 g/mol. The lowest BCUT2D eigenvalue weighted by molar-refractivity contribution is 0.0379. The average Bonchev–Trinajstić information content (AvgIpc) is 3.49. The highest BCUT2D eigenvalue weighted by atomic mass is 32.1. The van der Waals surface area contributed by atoms with Crippen LogP contribution < -0.4 is 15.5 Å². The van der Waals surface area contributed by atoms with E-state index in [2.05, 4.69) is 33.6 Å². The maximum absolute atomic E-state index is 12.4. The largest absolute Gasteiger partial charge is 0.375 e. The number of nitrogens with one attached hydrogen (secondary N) is 1. The Balaban J connectivity index is 1.57. The van der Waals surface area contributed by atoms with Crippen LogP contribution >= 0.6 is 18.5 Å². The van der Waals surface area contributed by atoms with Crippen molar-refractivity contribution < 1.29 is 9.30 Å². The highest BCUT2D eigenvalue weighted by molar-refractivity contribution is 7.70. The predicted octanol–water partition coefficient (Wildman–Crippen LogP) is 4.48. The second-order valence-corrected chi connectivity index (χ2v) is 12.5. The zero-order chi connectivity index (χ0) is 23.0. The van der Waals surface area contributed by atoms with Crippen LogP contribution in [0.25, 0.3) is 16.9 Å². The molecular formula is C23H27N6O2PS. The van der Waals surface area contributed by atoms with Crippen molar-refractivity contribution in [3.63, 3.8) is 0 Å². The van der Waals surface area contributed by atoms with Gasteiger partial charge in [0.25, 0.3) is 0 Å². The molecule has 1 atom stereocenters. The quantitative estimate of drug-likeness (QED) is 0.406. The zero-order valence-electron chi connectivity index (χ0n) is 18.9. The van der Waals surface area contributed by atoms with Gasteiger partial charge in [0.05, 0.1) is 18.4 Å². The van der Waals surface area contributed by atoms with E-state index in [9.17, 15) is 4.57 Å². The molecule has 4 aromatic rings. The molecular weight excluding hydrogens is 455 g/mol. The van der Waals surface area contributed by atoms with Gasteiger partial charge in [-0.25, -0.2) is 4.98 Å². The van der Waals surface area contributed by atoms with Crippen molar-refractivity contribution in [2.45, 2.75) is 19.4 Å². The van der Waals surface area contributed by atoms with Crippen LogP contribution in [0, 0.1) is 0 Å². The molecule has 0 saturated carbocycles. The lowest BCUT2D eigenvalue weighted by atomic mass is 10.2. The summed E-state index contributed by atoms with van der Waals surface area (Å²) in [6, 6.07) is 9.72. The molecule has 1 aliphatic rings. The lowest BCUT2D eigenvalue weighted by Gasteiger charge is -2.32. The van der Waals surface area contributed by atoms with Gasteiger partial charge in [-0.2, -0.15) is 21.3 Å². The molecule has 10 heteroatoms. The predicted molar refractivity (Wildman–Crippen MR) is 136 cm³/mol. The standard InChI is InChI=1S/C23H27N6O2PS/c1-4-18-13-28(10-11-31-18)23-26-21(25-16-5-7-19(8-6-16)32(2,3)30)20-22(27-23)29(15-24-20)17-9-12-33-14-17/h5-9,12,14-15,18H,4,10-11,13H2,1-3H3,(H,25,26,27). The van der Waals surface area contributed by atoms with E-state index >= 15 is 0 Å². The van der Waals surface area contributed by atoms with Gasteiger partial charge >= 0.3 is 0 Å². The number of hydrogen-bond acceptors (Lipinski definition) is 8. The van der Waals surface area contributed by atoms with Crippen molar-refractivity contribution in [3.05, 3.63) is 47.4 Å². The Morgan fingerprint density at radius 1 is 1.21 bits per heavy atom. The summed E-state index contributed by atoms with van der Waals surface area (Å²) in [7, 11) is -2.31. The average molecular weight is 483 g/mol. The third-order valence-electron chi connectivity index (χ3n) is 5.80. The number of ether oxygens (including phenoxy) is 1. The molecule has 0 aliphatic carbocycles. The van der Waals surface area contributed by atoms with Crippen LogP contribution in [-0.4, -0.2) is 58.6 Å². The highest BCUT2D eigenvalue weighted by Gasteiger charge is 2.24. The molecule has 3 aromatic heterocycles. The van der Waals surface area contributed by atoms with Gasteiger partial charge in [-0.05, 0) is 55.5 Å². The van der Waals surface area contributed by atoms with E-state index in [0.717, 1.165) is 41.8 Å². The van der Waals surface area contributed by atoms with E-state index < -0.39 is 7.14 Å². The molecule has 33 heavy (non-hydrogen) atoms. The SMILES string of the molecule is CCC1CN(c2nc(Nc3ccc(P(C)(C)=O)cc3)c3ncn(-c4ccsc4)c3n2)CCO1. The van der Waals surface area contributed by atoms with Gasteiger partial charge < -0.3 is 19.5 Å². The Labute approximate surface area is 197 Å². The third-order valence-corrected chi connectivity index (χ3v) is 8.01. The first-order valence-corrected chi connectivity index (χ1v) is 14.5. The fraction of sp³-hybridized carbons (Fsp3) is 0.348. The Morgan fingerprint density at radius 2 is 2.03 bits per heavy atom. The Bertz CT molecular complexity index is 1300. The molecule has 4 heterocycles. The number of anilines is 3. The van der Waals surface area contributed by atoms with Gasteiger partial charge in [-0.15, -0.1) is 0 Å². The summed E-state index contributed by atoms with van der Waals surface area (Å²) in [6.45, 7) is 7.83. The molecule has 1 aromatic carbocycles. The fourth-order valence-corrected chi connectivity index (χ4v) is 5.38. The van der Waals surface area contributed by atoms with Crippen LogP contribution in [-0.2, 0) is 9.30 Å². The fourth-order valence-electron chi connectivity index (χ4n) is 3.89. The van der Waals surface area contributed by atoms with Crippen LogP contribution in [0.2, 0.25) is 0 Å². The number of benzene rings is 1. The summed E-state index contributed by atoms with van der Waals surface area (Å²) in [5, 5.41) is 8.38. The summed E-state index contributed by atoms with van der Waals surface area (Å²) in [5.74, 6) is 1.31. The number of aromatic nitrogens is 4. The number of fused-ring (bicyclic) bond motifs is 1. The molecule has 1 aliphatic heterocycles. The first kappa shape index (κ1) is 22.1. The van der Waals surface area contributed by atoms with Crippen LogP contribution in [0.1, 0.15) is 13.3 Å². The maximum atomic E-state index is 12.4. The van der Waals surface area contributed by atoms with Gasteiger partial charge in [-0.1, -0.05) is 6.92 Å².